The second-order valence-corrected chi connectivity index (χ2v) is 11.7. The van der Waals surface area contributed by atoms with Gasteiger partial charge in [-0.15, -0.1) is 0 Å². The monoisotopic (exact) mass is 597 g/mol. The topological polar surface area (TPSA) is 53.6 Å². The third-order valence-electron chi connectivity index (χ3n) is 8.68. The summed E-state index contributed by atoms with van der Waals surface area (Å²) in [5.41, 5.74) is 2.41. The summed E-state index contributed by atoms with van der Waals surface area (Å²) < 4.78 is 60.9. The van der Waals surface area contributed by atoms with E-state index >= 15 is 0 Å². The van der Waals surface area contributed by atoms with Crippen molar-refractivity contribution in [3.63, 3.8) is 0 Å². The zero-order chi connectivity index (χ0) is 30.6. The molecule has 3 aromatic carbocycles. The molecular formula is C34H39F4N3O2. The van der Waals surface area contributed by atoms with Crippen LogP contribution < -0.4 is 10.6 Å². The molecule has 5 nitrogen and oxygen atoms in total. The second kappa shape index (κ2) is 13.4. The number of ether oxygens (including phenoxy) is 1. The van der Waals surface area contributed by atoms with E-state index in [0.29, 0.717) is 23.8 Å². The SMILES string of the molecule is Cc1ccc(NCOCC2CCCN(C(=O)c3c(C)cccc3F)C2c2ccc(NC3CCCC3)cc2)cc1C(F)(F)F. The molecule has 1 aliphatic heterocycles. The summed E-state index contributed by atoms with van der Waals surface area (Å²) in [5, 5.41) is 6.53. The lowest BCUT2D eigenvalue weighted by atomic mass is 9.84. The van der Waals surface area contributed by atoms with Crippen LogP contribution in [0.25, 0.3) is 0 Å². The Kier molecular flexibility index (Phi) is 9.59. The van der Waals surface area contributed by atoms with Gasteiger partial charge < -0.3 is 20.3 Å². The molecule has 0 spiro atoms. The molecule has 1 saturated heterocycles. The average molecular weight is 598 g/mol. The van der Waals surface area contributed by atoms with Crippen molar-refractivity contribution in [2.75, 3.05) is 30.5 Å². The third kappa shape index (κ3) is 7.32. The number of halogens is 4. The third-order valence-corrected chi connectivity index (χ3v) is 8.68. The number of carbonyl (C=O) groups is 1. The lowest BCUT2D eigenvalue weighted by Gasteiger charge is -2.42. The maximum absolute atomic E-state index is 14.9. The minimum absolute atomic E-state index is 0.00813. The summed E-state index contributed by atoms with van der Waals surface area (Å²) in [4.78, 5) is 15.6. The van der Waals surface area contributed by atoms with Crippen LogP contribution in [0, 0.1) is 25.6 Å². The van der Waals surface area contributed by atoms with E-state index in [0.717, 1.165) is 43.0 Å². The molecule has 1 aliphatic carbocycles. The molecule has 2 aliphatic rings. The van der Waals surface area contributed by atoms with Crippen LogP contribution in [0.15, 0.2) is 60.7 Å². The smallest absolute Gasteiger partial charge is 0.382 e. The van der Waals surface area contributed by atoms with Gasteiger partial charge in [0.1, 0.15) is 12.5 Å². The first kappa shape index (κ1) is 30.9. The predicted molar refractivity (Wildman–Crippen MR) is 161 cm³/mol. The van der Waals surface area contributed by atoms with Gasteiger partial charge in [0.15, 0.2) is 0 Å². The number of carbonyl (C=O) groups excluding carboxylic acids is 1. The largest absolute Gasteiger partial charge is 0.416 e. The van der Waals surface area contributed by atoms with E-state index in [-0.39, 0.29) is 42.3 Å². The number of aryl methyl sites for hydroxylation is 2. The number of rotatable bonds is 9. The summed E-state index contributed by atoms with van der Waals surface area (Å²) in [6, 6.07) is 17.0. The molecule has 5 rings (SSSR count). The normalized spacial score (nSPS) is 19.4. The molecule has 2 unspecified atom stereocenters. The molecule has 1 amide bonds. The van der Waals surface area contributed by atoms with Crippen molar-refractivity contribution in [2.45, 2.75) is 70.6 Å². The number of nitrogens with one attached hydrogen (secondary N) is 2. The van der Waals surface area contributed by atoms with Crippen molar-refractivity contribution in [3.8, 4) is 0 Å². The van der Waals surface area contributed by atoms with E-state index in [9.17, 15) is 22.4 Å². The molecule has 230 valence electrons. The summed E-state index contributed by atoms with van der Waals surface area (Å²) in [6.07, 6.45) is 1.85. The van der Waals surface area contributed by atoms with Gasteiger partial charge >= 0.3 is 6.18 Å². The van der Waals surface area contributed by atoms with Gasteiger partial charge in [-0.25, -0.2) is 4.39 Å². The molecule has 2 N–H and O–H groups in total. The fourth-order valence-corrected chi connectivity index (χ4v) is 6.44. The number of benzene rings is 3. The Morgan fingerprint density at radius 2 is 1.65 bits per heavy atom. The Hall–Kier alpha value is -3.59. The van der Waals surface area contributed by atoms with Gasteiger partial charge in [-0.1, -0.05) is 43.2 Å². The minimum Gasteiger partial charge on any atom is -0.382 e. The number of hydrogen-bond donors (Lipinski definition) is 2. The molecule has 43 heavy (non-hydrogen) atoms. The maximum atomic E-state index is 14.9. The van der Waals surface area contributed by atoms with E-state index in [1.165, 1.54) is 31.9 Å². The fourth-order valence-electron chi connectivity index (χ4n) is 6.44. The number of likely N-dealkylation sites (tertiary alicyclic amines) is 1. The molecule has 3 aromatic rings. The first-order chi connectivity index (χ1) is 20.6. The van der Waals surface area contributed by atoms with Crippen molar-refractivity contribution < 1.29 is 27.1 Å². The standard InChI is InChI=1S/C34H39F4N3O2/c1-22-12-15-28(19-29(22)34(36,37)38)39-21-43-20-25-8-6-18-41(33(42)31-23(2)7-5-11-30(31)35)32(25)24-13-16-27(17-14-24)40-26-9-3-4-10-26/h5,7,11-17,19,25-26,32,39-40H,3-4,6,8-10,18,20-21H2,1-2H3. The molecule has 0 radical (unpaired) electrons. The number of alkyl halides is 3. The molecular weight excluding hydrogens is 558 g/mol. The number of anilines is 2. The van der Waals surface area contributed by atoms with E-state index < -0.39 is 17.6 Å². The Morgan fingerprint density at radius 3 is 2.35 bits per heavy atom. The molecule has 1 saturated carbocycles. The number of nitrogens with zero attached hydrogens (tertiary/aromatic N) is 1. The fraction of sp³-hybridized carbons (Fsp3) is 0.441. The van der Waals surface area contributed by atoms with Gasteiger partial charge in [0, 0.05) is 29.9 Å². The van der Waals surface area contributed by atoms with Gasteiger partial charge in [0.2, 0.25) is 0 Å². The summed E-state index contributed by atoms with van der Waals surface area (Å²) in [7, 11) is 0. The first-order valence-electron chi connectivity index (χ1n) is 15.0. The van der Waals surface area contributed by atoms with Crippen LogP contribution in [0.3, 0.4) is 0 Å². The quantitative estimate of drug-likeness (QED) is 0.148. The van der Waals surface area contributed by atoms with Gasteiger partial charge in [-0.3, -0.25) is 4.79 Å². The van der Waals surface area contributed by atoms with Crippen molar-refractivity contribution in [1.29, 1.82) is 0 Å². The zero-order valence-corrected chi connectivity index (χ0v) is 24.6. The van der Waals surface area contributed by atoms with Crippen LogP contribution in [-0.2, 0) is 10.9 Å². The van der Waals surface area contributed by atoms with Crippen LogP contribution in [0.1, 0.15) is 77.2 Å². The van der Waals surface area contributed by atoms with Crippen molar-refractivity contribution in [1.82, 2.24) is 4.90 Å². The van der Waals surface area contributed by atoms with E-state index in [1.54, 1.807) is 30.0 Å². The van der Waals surface area contributed by atoms with E-state index in [1.807, 2.05) is 24.3 Å². The summed E-state index contributed by atoms with van der Waals surface area (Å²) in [5.74, 6) is -0.987. The number of amides is 1. The molecule has 9 heteroatoms. The molecule has 0 aromatic heterocycles. The number of hydrogen-bond acceptors (Lipinski definition) is 4. The Labute approximate surface area is 250 Å². The maximum Gasteiger partial charge on any atom is 0.416 e. The Bertz CT molecular complexity index is 1380. The highest BCUT2D eigenvalue weighted by molar-refractivity contribution is 5.96. The first-order valence-corrected chi connectivity index (χ1v) is 15.0. The molecule has 2 atom stereocenters. The molecule has 2 fully saturated rings. The van der Waals surface area contributed by atoms with Crippen LogP contribution in [0.2, 0.25) is 0 Å². The highest BCUT2D eigenvalue weighted by atomic mass is 19.4. The zero-order valence-electron chi connectivity index (χ0n) is 24.6. The summed E-state index contributed by atoms with van der Waals surface area (Å²) >= 11 is 0. The Morgan fingerprint density at radius 1 is 0.930 bits per heavy atom. The average Bonchev–Trinajstić information content (AvgIpc) is 3.49. The molecule has 1 heterocycles. The second-order valence-electron chi connectivity index (χ2n) is 11.7. The summed E-state index contributed by atoms with van der Waals surface area (Å²) in [6.45, 7) is 3.93. The van der Waals surface area contributed by atoms with E-state index in [2.05, 4.69) is 10.6 Å². The van der Waals surface area contributed by atoms with Crippen molar-refractivity contribution in [3.05, 3.63) is 94.3 Å². The highest BCUT2D eigenvalue weighted by Crippen LogP contribution is 2.39. The van der Waals surface area contributed by atoms with Gasteiger partial charge in [0.25, 0.3) is 5.91 Å². The predicted octanol–water partition coefficient (Wildman–Crippen LogP) is 8.50. The van der Waals surface area contributed by atoms with Crippen LogP contribution in [0.4, 0.5) is 28.9 Å². The van der Waals surface area contributed by atoms with E-state index in [4.69, 9.17) is 4.74 Å². The van der Waals surface area contributed by atoms with Crippen LogP contribution >= 0.6 is 0 Å². The van der Waals surface area contributed by atoms with Gasteiger partial charge in [0.05, 0.1) is 23.8 Å². The minimum atomic E-state index is -4.44. The number of piperidine rings is 1. The Balaban J connectivity index is 1.33. The van der Waals surface area contributed by atoms with Crippen molar-refractivity contribution in [2.24, 2.45) is 5.92 Å². The van der Waals surface area contributed by atoms with Crippen LogP contribution in [0.5, 0.6) is 0 Å². The van der Waals surface area contributed by atoms with Crippen LogP contribution in [-0.4, -0.2) is 36.7 Å². The lowest BCUT2D eigenvalue weighted by molar-refractivity contribution is -0.138. The lowest BCUT2D eigenvalue weighted by Crippen LogP contribution is -2.44. The van der Waals surface area contributed by atoms with Gasteiger partial charge in [-0.2, -0.15) is 13.2 Å². The van der Waals surface area contributed by atoms with Crippen molar-refractivity contribution >= 4 is 17.3 Å². The molecule has 0 bridgehead atoms. The van der Waals surface area contributed by atoms with Gasteiger partial charge in [-0.05, 0) is 86.6 Å². The highest BCUT2D eigenvalue weighted by Gasteiger charge is 2.37.